The summed E-state index contributed by atoms with van der Waals surface area (Å²) >= 11 is 1.46. The summed E-state index contributed by atoms with van der Waals surface area (Å²) in [7, 11) is 1.93. The van der Waals surface area contributed by atoms with E-state index < -0.39 is 0 Å². The van der Waals surface area contributed by atoms with E-state index in [2.05, 4.69) is 39.5 Å². The van der Waals surface area contributed by atoms with Crippen molar-refractivity contribution in [2.24, 2.45) is 7.05 Å². The van der Waals surface area contributed by atoms with Crippen molar-refractivity contribution in [2.45, 2.75) is 18.0 Å². The Labute approximate surface area is 141 Å². The van der Waals surface area contributed by atoms with Gasteiger partial charge in [-0.05, 0) is 24.5 Å². The van der Waals surface area contributed by atoms with Gasteiger partial charge in [0.15, 0.2) is 5.16 Å². The van der Waals surface area contributed by atoms with Gasteiger partial charge in [-0.3, -0.25) is 4.79 Å². The summed E-state index contributed by atoms with van der Waals surface area (Å²) in [6, 6.07) is 8.55. The second kappa shape index (κ2) is 7.55. The molecular weight excluding hydrogens is 308 g/mol. The van der Waals surface area contributed by atoms with Crippen LogP contribution < -0.4 is 10.2 Å². The topological polar surface area (TPSA) is 50.2 Å². The number of hydrogen-bond acceptors (Lipinski definition) is 4. The van der Waals surface area contributed by atoms with Gasteiger partial charge in [0.05, 0.1) is 5.75 Å². The summed E-state index contributed by atoms with van der Waals surface area (Å²) in [6.07, 6.45) is 5.96. The lowest BCUT2D eigenvalue weighted by molar-refractivity contribution is -0.118. The Morgan fingerprint density at radius 3 is 3.09 bits per heavy atom. The van der Waals surface area contributed by atoms with Crippen molar-refractivity contribution in [3.05, 3.63) is 42.2 Å². The number of nitrogens with one attached hydrogen (secondary N) is 1. The first-order chi connectivity index (χ1) is 11.2. The van der Waals surface area contributed by atoms with Gasteiger partial charge in [-0.2, -0.15) is 0 Å². The summed E-state index contributed by atoms with van der Waals surface area (Å²) in [5.74, 6) is 0.463. The Hall–Kier alpha value is -1.95. The van der Waals surface area contributed by atoms with Crippen LogP contribution in [0, 0.1) is 0 Å². The first-order valence-corrected chi connectivity index (χ1v) is 8.92. The smallest absolute Gasteiger partial charge is 0.230 e. The van der Waals surface area contributed by atoms with Crippen molar-refractivity contribution in [3.8, 4) is 0 Å². The molecule has 0 aliphatic carbocycles. The van der Waals surface area contributed by atoms with Crippen LogP contribution in [0.4, 0.5) is 5.69 Å². The second-order valence-corrected chi connectivity index (χ2v) is 6.62. The summed E-state index contributed by atoms with van der Waals surface area (Å²) in [6.45, 7) is 2.60. The molecule has 0 atom stereocenters. The highest BCUT2D eigenvalue weighted by molar-refractivity contribution is 7.99. The first kappa shape index (κ1) is 15.9. The van der Waals surface area contributed by atoms with Crippen LogP contribution >= 0.6 is 11.8 Å². The number of aryl methyl sites for hydroxylation is 2. The predicted octanol–water partition coefficient (Wildman–Crippen LogP) is 2.08. The van der Waals surface area contributed by atoms with Gasteiger partial charge in [0.25, 0.3) is 0 Å². The number of carbonyl (C=O) groups excluding carboxylic acids is 1. The summed E-state index contributed by atoms with van der Waals surface area (Å²) < 4.78 is 1.92. The molecule has 0 radical (unpaired) electrons. The van der Waals surface area contributed by atoms with Crippen LogP contribution in [-0.2, 0) is 18.3 Å². The van der Waals surface area contributed by atoms with E-state index in [0.717, 1.165) is 24.7 Å². The average molecular weight is 330 g/mol. The van der Waals surface area contributed by atoms with Crippen LogP contribution in [0.5, 0.6) is 0 Å². The van der Waals surface area contributed by atoms with Crippen molar-refractivity contribution in [2.75, 3.05) is 30.3 Å². The number of benzene rings is 1. The molecule has 1 aromatic carbocycles. The number of carbonyl (C=O) groups is 1. The van der Waals surface area contributed by atoms with Gasteiger partial charge in [0.1, 0.15) is 0 Å². The highest BCUT2D eigenvalue weighted by atomic mass is 32.2. The molecule has 2 aromatic rings. The van der Waals surface area contributed by atoms with E-state index in [-0.39, 0.29) is 5.91 Å². The normalized spacial score (nSPS) is 13.7. The van der Waals surface area contributed by atoms with E-state index in [1.54, 1.807) is 6.20 Å². The highest BCUT2D eigenvalue weighted by Crippen LogP contribution is 2.25. The quantitative estimate of drug-likeness (QED) is 0.824. The number of imidazole rings is 1. The minimum absolute atomic E-state index is 0.0586. The van der Waals surface area contributed by atoms with Crippen molar-refractivity contribution < 1.29 is 4.79 Å². The molecule has 0 fully saturated rings. The average Bonchev–Trinajstić information content (AvgIpc) is 2.98. The van der Waals surface area contributed by atoms with Crippen LogP contribution in [0.25, 0.3) is 0 Å². The molecule has 1 aromatic heterocycles. The molecule has 1 aliphatic heterocycles. The van der Waals surface area contributed by atoms with Crippen LogP contribution in [0.3, 0.4) is 0 Å². The van der Waals surface area contributed by atoms with Gasteiger partial charge in [0, 0.05) is 44.8 Å². The molecule has 6 heteroatoms. The van der Waals surface area contributed by atoms with Gasteiger partial charge in [-0.15, -0.1) is 0 Å². The van der Waals surface area contributed by atoms with E-state index in [9.17, 15) is 4.79 Å². The maximum atomic E-state index is 11.9. The number of aromatic nitrogens is 2. The van der Waals surface area contributed by atoms with E-state index in [4.69, 9.17) is 0 Å². The third-order valence-electron chi connectivity index (χ3n) is 4.02. The zero-order valence-electron chi connectivity index (χ0n) is 13.4. The Morgan fingerprint density at radius 1 is 1.39 bits per heavy atom. The standard InChI is InChI=1S/C17H22N4OS/c1-20-11-8-19-17(20)23-13-16(22)18-9-12-21-10-4-6-14-5-2-3-7-15(14)21/h2-3,5,7-8,11H,4,6,9-10,12-13H2,1H3,(H,18,22). The van der Waals surface area contributed by atoms with Gasteiger partial charge < -0.3 is 14.8 Å². The SMILES string of the molecule is Cn1ccnc1SCC(=O)NCCN1CCCc2ccccc21. The fourth-order valence-electron chi connectivity index (χ4n) is 2.85. The maximum Gasteiger partial charge on any atom is 0.230 e. The van der Waals surface area contributed by atoms with Gasteiger partial charge >= 0.3 is 0 Å². The number of amides is 1. The molecule has 23 heavy (non-hydrogen) atoms. The summed E-state index contributed by atoms with van der Waals surface area (Å²) in [5.41, 5.74) is 2.73. The van der Waals surface area contributed by atoms with Crippen molar-refractivity contribution in [1.82, 2.24) is 14.9 Å². The van der Waals surface area contributed by atoms with Gasteiger partial charge in [-0.1, -0.05) is 30.0 Å². The third kappa shape index (κ3) is 4.07. The van der Waals surface area contributed by atoms with E-state index >= 15 is 0 Å². The summed E-state index contributed by atoms with van der Waals surface area (Å²) in [5, 5.41) is 3.87. The number of fused-ring (bicyclic) bond motifs is 1. The zero-order chi connectivity index (χ0) is 16.1. The highest BCUT2D eigenvalue weighted by Gasteiger charge is 2.15. The lowest BCUT2D eigenvalue weighted by atomic mass is 10.0. The Bertz CT molecular complexity index is 670. The number of para-hydroxylation sites is 1. The minimum Gasteiger partial charge on any atom is -0.370 e. The molecule has 2 heterocycles. The number of rotatable bonds is 6. The number of hydrogen-bond donors (Lipinski definition) is 1. The molecule has 0 spiro atoms. The lowest BCUT2D eigenvalue weighted by Crippen LogP contribution is -2.38. The van der Waals surface area contributed by atoms with Gasteiger partial charge in [-0.25, -0.2) is 4.98 Å². The summed E-state index contributed by atoms with van der Waals surface area (Å²) in [4.78, 5) is 18.5. The van der Waals surface area contributed by atoms with Crippen LogP contribution in [0.2, 0.25) is 0 Å². The Kier molecular flexibility index (Phi) is 5.23. The maximum absolute atomic E-state index is 11.9. The molecule has 5 nitrogen and oxygen atoms in total. The molecule has 0 unspecified atom stereocenters. The molecule has 1 amide bonds. The lowest BCUT2D eigenvalue weighted by Gasteiger charge is -2.31. The van der Waals surface area contributed by atoms with E-state index in [1.165, 1.54) is 29.4 Å². The number of thioether (sulfide) groups is 1. The third-order valence-corrected chi connectivity index (χ3v) is 5.08. The Balaban J connectivity index is 1.43. The van der Waals surface area contributed by atoms with Crippen LogP contribution in [0.15, 0.2) is 41.8 Å². The van der Waals surface area contributed by atoms with Crippen molar-refractivity contribution in [1.29, 1.82) is 0 Å². The fraction of sp³-hybridized carbons (Fsp3) is 0.412. The first-order valence-electron chi connectivity index (χ1n) is 7.94. The van der Waals surface area contributed by atoms with Gasteiger partial charge in [0.2, 0.25) is 5.91 Å². The largest absolute Gasteiger partial charge is 0.370 e. The molecule has 1 aliphatic rings. The van der Waals surface area contributed by atoms with Crippen molar-refractivity contribution >= 4 is 23.4 Å². The predicted molar refractivity (Wildman–Crippen MR) is 93.9 cm³/mol. The van der Waals surface area contributed by atoms with E-state index in [1.807, 2.05) is 17.8 Å². The van der Waals surface area contributed by atoms with E-state index in [0.29, 0.717) is 12.3 Å². The molecule has 0 saturated carbocycles. The van der Waals surface area contributed by atoms with Crippen molar-refractivity contribution in [3.63, 3.8) is 0 Å². The number of nitrogens with zero attached hydrogens (tertiary/aromatic N) is 3. The molecule has 122 valence electrons. The fourth-order valence-corrected chi connectivity index (χ4v) is 3.61. The second-order valence-electron chi connectivity index (χ2n) is 5.68. The molecule has 0 saturated heterocycles. The minimum atomic E-state index is 0.0586. The monoisotopic (exact) mass is 330 g/mol. The molecule has 1 N–H and O–H groups in total. The zero-order valence-corrected chi connectivity index (χ0v) is 14.2. The van der Waals surface area contributed by atoms with Crippen LogP contribution in [-0.4, -0.2) is 40.8 Å². The Morgan fingerprint density at radius 2 is 2.26 bits per heavy atom. The molecule has 0 bridgehead atoms. The molecule has 3 rings (SSSR count). The number of anilines is 1. The van der Waals surface area contributed by atoms with Crippen LogP contribution in [0.1, 0.15) is 12.0 Å². The molecular formula is C17H22N4OS.